The topological polar surface area (TPSA) is 175 Å². The molecule has 2 aliphatic heterocycles. The van der Waals surface area contributed by atoms with E-state index in [4.69, 9.17) is 20.4 Å². The van der Waals surface area contributed by atoms with Crippen LogP contribution >= 0.6 is 0 Å². The summed E-state index contributed by atoms with van der Waals surface area (Å²) in [5, 5.41) is 21.7. The number of hydrazine groups is 1. The zero-order chi connectivity index (χ0) is 37.5. The number of methoxy groups -OCH3 is 1. The second kappa shape index (κ2) is 16.5. The van der Waals surface area contributed by atoms with E-state index in [-0.39, 0.29) is 37.6 Å². The molecule has 2 aliphatic rings. The molecule has 0 bridgehead atoms. The van der Waals surface area contributed by atoms with E-state index in [9.17, 15) is 9.59 Å². The van der Waals surface area contributed by atoms with Gasteiger partial charge in [0.25, 0.3) is 5.91 Å². The van der Waals surface area contributed by atoms with Crippen molar-refractivity contribution in [3.8, 4) is 17.1 Å². The molecule has 5 N–H and O–H groups in total. The number of aromatic amines is 1. The molecule has 1 fully saturated rings. The van der Waals surface area contributed by atoms with Crippen molar-refractivity contribution >= 4 is 46.0 Å². The minimum absolute atomic E-state index is 0.0171. The van der Waals surface area contributed by atoms with Crippen molar-refractivity contribution in [2.75, 3.05) is 58.3 Å². The zero-order valence-corrected chi connectivity index (χ0v) is 30.4. The first kappa shape index (κ1) is 37.4. The Morgan fingerprint density at radius 1 is 1.17 bits per heavy atom. The van der Waals surface area contributed by atoms with E-state index in [1.54, 1.807) is 13.3 Å². The largest absolute Gasteiger partial charge is 0.475 e. The second-order valence-corrected chi connectivity index (χ2v) is 13.5. The van der Waals surface area contributed by atoms with Crippen LogP contribution in [0.1, 0.15) is 37.8 Å². The number of H-pyrrole nitrogens is 1. The number of ether oxygens (including phenoxy) is 2. The van der Waals surface area contributed by atoms with Crippen LogP contribution in [0.2, 0.25) is 0 Å². The number of amides is 2. The lowest BCUT2D eigenvalue weighted by atomic mass is 9.98. The average Bonchev–Trinajstić information content (AvgIpc) is 3.79. The summed E-state index contributed by atoms with van der Waals surface area (Å²) in [4.78, 5) is 39.6. The number of hydrogen-bond donors (Lipinski definition) is 4. The Bertz CT molecular complexity index is 1990. The molecule has 2 amide bonds. The number of nitrogens with two attached hydrogens (primary N) is 1. The number of benzene rings is 2. The van der Waals surface area contributed by atoms with Gasteiger partial charge in [-0.1, -0.05) is 36.9 Å². The second-order valence-electron chi connectivity index (χ2n) is 13.5. The van der Waals surface area contributed by atoms with E-state index in [2.05, 4.69) is 38.1 Å². The fraction of sp³-hybridized carbons (Fsp3) is 0.359. The highest BCUT2D eigenvalue weighted by Gasteiger charge is 2.45. The van der Waals surface area contributed by atoms with E-state index >= 15 is 0 Å². The number of carbonyl (C=O) groups is 2. The molecule has 2 aromatic heterocycles. The molecular formula is C39H47N9O5. The lowest BCUT2D eigenvalue weighted by Crippen LogP contribution is -2.48. The smallest absolute Gasteiger partial charge is 0.258 e. The maximum Gasteiger partial charge on any atom is 0.258 e. The van der Waals surface area contributed by atoms with E-state index in [0.29, 0.717) is 55.6 Å². The fourth-order valence-electron chi connectivity index (χ4n) is 6.54. The maximum absolute atomic E-state index is 13.7. The number of carbonyl (C=O) groups excluding carboxylic acids is 2. The Labute approximate surface area is 308 Å². The van der Waals surface area contributed by atoms with Crippen molar-refractivity contribution in [1.29, 1.82) is 0 Å². The lowest BCUT2D eigenvalue weighted by Gasteiger charge is -2.30. The van der Waals surface area contributed by atoms with Crippen LogP contribution in [0.25, 0.3) is 33.4 Å². The first-order valence-electron chi connectivity index (χ1n) is 17.7. The van der Waals surface area contributed by atoms with Gasteiger partial charge in [0.2, 0.25) is 11.8 Å². The number of aromatic nitrogens is 3. The number of hydrogen-bond acceptors (Lipinski definition) is 10. The summed E-state index contributed by atoms with van der Waals surface area (Å²) >= 11 is 0. The van der Waals surface area contributed by atoms with Gasteiger partial charge >= 0.3 is 0 Å². The lowest BCUT2D eigenvalue weighted by molar-refractivity contribution is -0.138. The van der Waals surface area contributed by atoms with Crippen molar-refractivity contribution in [3.63, 3.8) is 0 Å². The third-order valence-corrected chi connectivity index (χ3v) is 9.53. The number of fused-ring (bicyclic) bond motifs is 1. The Morgan fingerprint density at radius 3 is 2.64 bits per heavy atom. The summed E-state index contributed by atoms with van der Waals surface area (Å²) in [7, 11) is 1.54. The quantitative estimate of drug-likeness (QED) is 0.0647. The van der Waals surface area contributed by atoms with Crippen molar-refractivity contribution in [1.82, 2.24) is 30.0 Å². The highest BCUT2D eigenvalue weighted by Crippen LogP contribution is 2.32. The third kappa shape index (κ3) is 8.80. The van der Waals surface area contributed by atoms with Crippen LogP contribution in [0, 0.1) is 0 Å². The highest BCUT2D eigenvalue weighted by molar-refractivity contribution is 6.01. The molecule has 1 atom stereocenters. The Morgan fingerprint density at radius 2 is 1.96 bits per heavy atom. The van der Waals surface area contributed by atoms with Crippen molar-refractivity contribution in [2.45, 2.75) is 38.4 Å². The summed E-state index contributed by atoms with van der Waals surface area (Å²) in [5.74, 6) is 6.02. The molecule has 6 rings (SSSR count). The minimum atomic E-state index is -1.09. The highest BCUT2D eigenvalue weighted by atomic mass is 16.5. The molecule has 4 aromatic rings. The fourth-order valence-corrected chi connectivity index (χ4v) is 6.54. The van der Waals surface area contributed by atoms with Gasteiger partial charge in [-0.25, -0.2) is 15.8 Å². The molecule has 2 aromatic carbocycles. The van der Waals surface area contributed by atoms with Gasteiger partial charge in [0.15, 0.2) is 5.60 Å². The number of anilines is 1. The van der Waals surface area contributed by atoms with Gasteiger partial charge in [0.05, 0.1) is 37.0 Å². The van der Waals surface area contributed by atoms with E-state index < -0.39 is 5.60 Å². The van der Waals surface area contributed by atoms with Gasteiger partial charge in [0, 0.05) is 62.2 Å². The van der Waals surface area contributed by atoms with Gasteiger partial charge in [-0.15, -0.1) is 0 Å². The number of pyridine rings is 1. The summed E-state index contributed by atoms with van der Waals surface area (Å²) < 4.78 is 11.5. The van der Waals surface area contributed by atoms with Gasteiger partial charge in [-0.3, -0.25) is 24.6 Å². The molecule has 0 radical (unpaired) electrons. The summed E-state index contributed by atoms with van der Waals surface area (Å²) in [6.45, 7) is 10.3. The van der Waals surface area contributed by atoms with Crippen LogP contribution in [-0.2, 0) is 14.3 Å². The summed E-state index contributed by atoms with van der Waals surface area (Å²) in [6.07, 6.45) is 6.47. The van der Waals surface area contributed by atoms with Crippen molar-refractivity contribution < 1.29 is 24.2 Å². The molecule has 0 unspecified atom stereocenters. The Hall–Kier alpha value is -5.41. The number of aliphatic hydroxyl groups excluding tert-OH is 1. The van der Waals surface area contributed by atoms with Gasteiger partial charge < -0.3 is 24.8 Å². The molecule has 0 aliphatic carbocycles. The maximum atomic E-state index is 13.7. The average molecular weight is 722 g/mol. The number of nitrogens with one attached hydrogen (secondary N) is 2. The van der Waals surface area contributed by atoms with Gasteiger partial charge in [0.1, 0.15) is 12.0 Å². The van der Waals surface area contributed by atoms with Crippen molar-refractivity contribution in [2.24, 2.45) is 10.8 Å². The molecule has 0 saturated carbocycles. The van der Waals surface area contributed by atoms with Gasteiger partial charge in [-0.2, -0.15) is 5.10 Å². The number of aliphatic imine (C=N–C) groups is 1. The summed E-state index contributed by atoms with van der Waals surface area (Å²) in [5.41, 5.74) is 5.57. The monoisotopic (exact) mass is 721 g/mol. The zero-order valence-electron chi connectivity index (χ0n) is 30.4. The van der Waals surface area contributed by atoms with Crippen LogP contribution in [-0.4, -0.2) is 118 Å². The third-order valence-electron chi connectivity index (χ3n) is 9.53. The molecule has 4 heterocycles. The molecule has 1 saturated heterocycles. The number of aliphatic hydroxyl groups is 1. The van der Waals surface area contributed by atoms with E-state index in [0.717, 1.165) is 34.0 Å². The van der Waals surface area contributed by atoms with E-state index in [1.807, 2.05) is 78.2 Å². The van der Waals surface area contributed by atoms with Crippen LogP contribution < -0.4 is 15.9 Å². The predicted molar refractivity (Wildman–Crippen MR) is 206 cm³/mol. The molecule has 14 nitrogen and oxygen atoms in total. The van der Waals surface area contributed by atoms with Crippen molar-refractivity contribution in [3.05, 3.63) is 84.6 Å². The normalized spacial score (nSPS) is 17.8. The number of rotatable bonds is 14. The standard InChI is InChI=1S/C39H47N9O5/c1-26(2)53-35-12-9-31(22-41-35)37-33-21-32(10-11-34(33)44-45-37)43-38(51)39(52-4)15-18-46(24-39)23-36(50)47-16-13-30(14-17-47)29-7-5-28(6-8-29)27(3)42-25-48(40)19-20-49/h5-13,21-22,25-26,49H,3,14-20,23-24,40H2,1-2,4H3,(H,43,51)(H,44,45)/b42-25-/t39-/m0/s1. The minimum Gasteiger partial charge on any atom is -0.475 e. The number of nitrogens with zero attached hydrogens (tertiary/aromatic N) is 6. The van der Waals surface area contributed by atoms with Crippen LogP contribution in [0.3, 0.4) is 0 Å². The van der Waals surface area contributed by atoms with Crippen LogP contribution in [0.15, 0.2) is 78.4 Å². The molecule has 53 heavy (non-hydrogen) atoms. The Kier molecular flexibility index (Phi) is 11.6. The van der Waals surface area contributed by atoms with E-state index in [1.165, 1.54) is 16.9 Å². The molecule has 14 heteroatoms. The first-order valence-corrected chi connectivity index (χ1v) is 17.7. The predicted octanol–water partition coefficient (Wildman–Crippen LogP) is 3.92. The van der Waals surface area contributed by atoms with Gasteiger partial charge in [-0.05, 0) is 67.7 Å². The SMILES string of the molecule is C=C(/N=C\N(N)CCO)c1ccc(C2=CCN(C(=O)CN3CC[C@@](OC)(C(=O)Nc4ccc5[nH]nc(-c6ccc(OC(C)C)nc6)c5c4)C3)CC2)cc1. The first-order chi connectivity index (χ1) is 25.6. The van der Waals surface area contributed by atoms with Crippen LogP contribution in [0.4, 0.5) is 5.69 Å². The Balaban J connectivity index is 1.03. The molecule has 278 valence electrons. The van der Waals surface area contributed by atoms with Crippen LogP contribution in [0.5, 0.6) is 5.88 Å². The summed E-state index contributed by atoms with van der Waals surface area (Å²) in [6, 6.07) is 17.3. The number of likely N-dealkylation sites (tertiary alicyclic amines) is 1. The molecular weight excluding hydrogens is 674 g/mol. The molecule has 0 spiro atoms.